The number of carbonyl (C=O) groups excluding carboxylic acids is 1. The Hall–Kier alpha value is -1.13. The summed E-state index contributed by atoms with van der Waals surface area (Å²) in [6, 6.07) is 0.353. The monoisotopic (exact) mass is 371 g/mol. The van der Waals surface area contributed by atoms with E-state index in [-0.39, 0.29) is 11.9 Å². The van der Waals surface area contributed by atoms with Crippen molar-refractivity contribution in [3.63, 3.8) is 0 Å². The summed E-state index contributed by atoms with van der Waals surface area (Å²) in [6.07, 6.45) is 16.9. The van der Waals surface area contributed by atoms with Gasteiger partial charge in [-0.2, -0.15) is 0 Å². The number of hydrogen-bond donors (Lipinski definition) is 3. The van der Waals surface area contributed by atoms with Gasteiger partial charge in [0.25, 0.3) is 0 Å². The zero-order valence-electron chi connectivity index (χ0n) is 17.0. The van der Waals surface area contributed by atoms with Crippen molar-refractivity contribution in [1.29, 1.82) is 0 Å². The number of rotatable bonds is 4. The molecule has 0 bridgehead atoms. The molecule has 4 aliphatic rings. The van der Waals surface area contributed by atoms with Crippen molar-refractivity contribution in [2.45, 2.75) is 83.2 Å². The van der Waals surface area contributed by atoms with Crippen molar-refractivity contribution in [3.05, 3.63) is 23.3 Å². The predicted octanol–water partition coefficient (Wildman–Crippen LogP) is 3.45. The fourth-order valence-corrected chi connectivity index (χ4v) is 5.52. The first kappa shape index (κ1) is 19.2. The molecule has 150 valence electrons. The Labute approximate surface area is 164 Å². The highest BCUT2D eigenvalue weighted by molar-refractivity contribution is 5.82. The molecule has 0 radical (unpaired) electrons. The zero-order valence-corrected chi connectivity index (χ0v) is 17.0. The van der Waals surface area contributed by atoms with E-state index in [0.717, 1.165) is 32.2 Å². The molecular weight excluding hydrogens is 334 g/mol. The highest BCUT2D eigenvalue weighted by atomic mass is 16.2. The summed E-state index contributed by atoms with van der Waals surface area (Å²) in [5.74, 6) is 0.851. The first-order valence-electron chi connectivity index (χ1n) is 11.2. The van der Waals surface area contributed by atoms with E-state index in [9.17, 15) is 4.79 Å². The van der Waals surface area contributed by atoms with Crippen LogP contribution >= 0.6 is 0 Å². The first-order chi connectivity index (χ1) is 13.1. The van der Waals surface area contributed by atoms with Crippen LogP contribution in [0.1, 0.15) is 71.1 Å². The zero-order chi connectivity index (χ0) is 18.7. The van der Waals surface area contributed by atoms with Gasteiger partial charge in [0, 0.05) is 6.04 Å². The summed E-state index contributed by atoms with van der Waals surface area (Å²) in [5, 5.41) is 10.3. The second kappa shape index (κ2) is 8.48. The van der Waals surface area contributed by atoms with Crippen LogP contribution in [0.25, 0.3) is 0 Å². The van der Waals surface area contributed by atoms with Crippen LogP contribution in [0, 0.1) is 11.3 Å². The molecule has 2 heterocycles. The quantitative estimate of drug-likeness (QED) is 0.664. The standard InChI is InChI=1S/C23H37N3O/c1-17-2-4-20(5-3-17)26-22(27)21-15-19(16-25-21)14-18-6-8-23(9-7-18)10-12-24-13-11-23/h2,6,19-21,24-25H,3-5,7-16H2,1H3,(H,26,27)/t19?,20-,21-/m0/s1. The maximum absolute atomic E-state index is 12.6. The van der Waals surface area contributed by atoms with Gasteiger partial charge in [-0.05, 0) is 102 Å². The van der Waals surface area contributed by atoms with Gasteiger partial charge in [-0.15, -0.1) is 0 Å². The van der Waals surface area contributed by atoms with Crippen molar-refractivity contribution in [1.82, 2.24) is 16.0 Å². The van der Waals surface area contributed by atoms with Gasteiger partial charge < -0.3 is 16.0 Å². The number of nitrogens with one attached hydrogen (secondary N) is 3. The Morgan fingerprint density at radius 2 is 2.07 bits per heavy atom. The fourth-order valence-electron chi connectivity index (χ4n) is 5.52. The highest BCUT2D eigenvalue weighted by Gasteiger charge is 2.35. The molecule has 0 aromatic rings. The molecule has 0 aromatic heterocycles. The van der Waals surface area contributed by atoms with E-state index in [2.05, 4.69) is 35.0 Å². The second-order valence-electron chi connectivity index (χ2n) is 9.61. The topological polar surface area (TPSA) is 53.2 Å². The summed E-state index contributed by atoms with van der Waals surface area (Å²) in [6.45, 7) is 5.58. The average Bonchev–Trinajstić information content (AvgIpc) is 3.15. The molecule has 1 unspecified atom stereocenters. The molecule has 4 nitrogen and oxygen atoms in total. The van der Waals surface area contributed by atoms with Crippen LogP contribution < -0.4 is 16.0 Å². The van der Waals surface area contributed by atoms with E-state index in [1.165, 1.54) is 57.2 Å². The van der Waals surface area contributed by atoms with Crippen molar-refractivity contribution < 1.29 is 4.79 Å². The predicted molar refractivity (Wildman–Crippen MR) is 111 cm³/mol. The molecule has 3 N–H and O–H groups in total. The summed E-state index contributed by atoms with van der Waals surface area (Å²) in [4.78, 5) is 12.6. The molecule has 3 atom stereocenters. The largest absolute Gasteiger partial charge is 0.352 e. The molecule has 1 spiro atoms. The minimum Gasteiger partial charge on any atom is -0.352 e. The van der Waals surface area contributed by atoms with Crippen LogP contribution in [0.4, 0.5) is 0 Å². The average molecular weight is 372 g/mol. The van der Waals surface area contributed by atoms with Gasteiger partial charge in [-0.3, -0.25) is 4.79 Å². The minimum absolute atomic E-state index is 0.0157. The second-order valence-corrected chi connectivity index (χ2v) is 9.61. The Morgan fingerprint density at radius 1 is 1.22 bits per heavy atom. The number of piperidine rings is 1. The van der Waals surface area contributed by atoms with Crippen molar-refractivity contribution in [2.75, 3.05) is 19.6 Å². The Bertz CT molecular complexity index is 603. The van der Waals surface area contributed by atoms with Crippen molar-refractivity contribution in [2.24, 2.45) is 11.3 Å². The molecule has 0 saturated carbocycles. The van der Waals surface area contributed by atoms with Crippen molar-refractivity contribution >= 4 is 5.91 Å². The maximum atomic E-state index is 12.6. The number of hydrogen-bond acceptors (Lipinski definition) is 3. The Morgan fingerprint density at radius 3 is 2.78 bits per heavy atom. The Kier molecular flexibility index (Phi) is 6.03. The normalized spacial score (nSPS) is 33.4. The minimum atomic E-state index is 0.0157. The number of amides is 1. The van der Waals surface area contributed by atoms with Gasteiger partial charge >= 0.3 is 0 Å². The van der Waals surface area contributed by atoms with Gasteiger partial charge in [0.15, 0.2) is 0 Å². The lowest BCUT2D eigenvalue weighted by Gasteiger charge is -2.40. The Balaban J connectivity index is 1.22. The van der Waals surface area contributed by atoms with E-state index in [0.29, 0.717) is 17.4 Å². The van der Waals surface area contributed by atoms with Crippen LogP contribution in [0.5, 0.6) is 0 Å². The molecule has 2 aliphatic carbocycles. The van der Waals surface area contributed by atoms with Gasteiger partial charge in [0.2, 0.25) is 5.91 Å². The number of allylic oxidation sites excluding steroid dienone is 3. The molecule has 2 aliphatic heterocycles. The molecule has 4 rings (SSSR count). The van der Waals surface area contributed by atoms with E-state index >= 15 is 0 Å². The van der Waals surface area contributed by atoms with Crippen LogP contribution in [-0.2, 0) is 4.79 Å². The molecule has 2 fully saturated rings. The van der Waals surface area contributed by atoms with Gasteiger partial charge in [0.05, 0.1) is 6.04 Å². The molecule has 4 heteroatoms. The number of carbonyl (C=O) groups is 1. The smallest absolute Gasteiger partial charge is 0.237 e. The lowest BCUT2D eigenvalue weighted by atomic mass is 9.68. The molecule has 27 heavy (non-hydrogen) atoms. The summed E-state index contributed by atoms with van der Waals surface area (Å²) in [5.41, 5.74) is 3.71. The first-order valence-corrected chi connectivity index (χ1v) is 11.2. The van der Waals surface area contributed by atoms with Crippen LogP contribution in [0.15, 0.2) is 23.3 Å². The fraction of sp³-hybridized carbons (Fsp3) is 0.783. The molecule has 0 aromatic carbocycles. The van der Waals surface area contributed by atoms with E-state index in [1.807, 2.05) is 0 Å². The lowest BCUT2D eigenvalue weighted by Crippen LogP contribution is -2.45. The molecule has 1 amide bonds. The third kappa shape index (κ3) is 4.83. The van der Waals surface area contributed by atoms with E-state index in [1.54, 1.807) is 5.57 Å². The van der Waals surface area contributed by atoms with E-state index in [4.69, 9.17) is 0 Å². The van der Waals surface area contributed by atoms with Crippen LogP contribution in [0.2, 0.25) is 0 Å². The summed E-state index contributed by atoms with van der Waals surface area (Å²) >= 11 is 0. The van der Waals surface area contributed by atoms with Gasteiger partial charge in [-0.25, -0.2) is 0 Å². The van der Waals surface area contributed by atoms with Crippen LogP contribution in [-0.4, -0.2) is 37.6 Å². The summed E-state index contributed by atoms with van der Waals surface area (Å²) in [7, 11) is 0. The van der Waals surface area contributed by atoms with Gasteiger partial charge in [-0.1, -0.05) is 23.3 Å². The van der Waals surface area contributed by atoms with E-state index < -0.39 is 0 Å². The highest BCUT2D eigenvalue weighted by Crippen LogP contribution is 2.43. The van der Waals surface area contributed by atoms with Crippen LogP contribution in [0.3, 0.4) is 0 Å². The maximum Gasteiger partial charge on any atom is 0.237 e. The summed E-state index contributed by atoms with van der Waals surface area (Å²) < 4.78 is 0. The third-order valence-electron chi connectivity index (χ3n) is 7.54. The molecular formula is C23H37N3O. The third-order valence-corrected chi connectivity index (χ3v) is 7.54. The lowest BCUT2D eigenvalue weighted by molar-refractivity contribution is -0.123. The molecule has 2 saturated heterocycles. The van der Waals surface area contributed by atoms with Gasteiger partial charge in [0.1, 0.15) is 0 Å². The van der Waals surface area contributed by atoms with Crippen molar-refractivity contribution in [3.8, 4) is 0 Å². The SMILES string of the molecule is CC1=CC[C@H](NC(=O)[C@@H]2CC(CC3=CCC4(CCNCC4)CC3)CN2)CC1.